The zero-order chi connectivity index (χ0) is 9.03. The first-order valence-electron chi connectivity index (χ1n) is 4.59. The van der Waals surface area contributed by atoms with Crippen molar-refractivity contribution in [2.75, 3.05) is 6.61 Å². The number of hydrogen-bond acceptors (Lipinski definition) is 2. The number of aliphatic hydroxyl groups is 1. The Balaban J connectivity index is 2.73. The summed E-state index contributed by atoms with van der Waals surface area (Å²) in [6.45, 7) is 4.40. The molecule has 0 aromatic rings. The van der Waals surface area contributed by atoms with Crippen LogP contribution in [0.2, 0.25) is 0 Å². The van der Waals surface area contributed by atoms with Crippen LogP contribution in [0.5, 0.6) is 0 Å². The highest BCUT2D eigenvalue weighted by Crippen LogP contribution is 2.31. The van der Waals surface area contributed by atoms with Crippen molar-refractivity contribution in [2.24, 2.45) is 10.9 Å². The summed E-state index contributed by atoms with van der Waals surface area (Å²) in [6, 6.07) is 0. The number of aliphatic imine (C=N–C) groups is 1. The molecule has 0 saturated heterocycles. The van der Waals surface area contributed by atoms with Crippen LogP contribution in [-0.2, 0) is 0 Å². The summed E-state index contributed by atoms with van der Waals surface area (Å²) in [4.78, 5) is 4.43. The molecule has 0 bridgehead atoms. The van der Waals surface area contributed by atoms with Crippen LogP contribution in [0.15, 0.2) is 17.1 Å². The Morgan fingerprint density at radius 3 is 2.75 bits per heavy atom. The van der Waals surface area contributed by atoms with Crippen LogP contribution >= 0.6 is 0 Å². The minimum absolute atomic E-state index is 0.108. The van der Waals surface area contributed by atoms with Crippen molar-refractivity contribution in [2.45, 2.75) is 32.2 Å². The molecule has 1 aliphatic rings. The van der Waals surface area contributed by atoms with E-state index in [4.69, 9.17) is 5.11 Å². The molecule has 12 heavy (non-hydrogen) atoms. The quantitative estimate of drug-likeness (QED) is 0.680. The maximum atomic E-state index is 9.08. The number of nitrogens with zero attached hydrogens (tertiary/aromatic N) is 1. The van der Waals surface area contributed by atoms with Crippen LogP contribution in [0, 0.1) is 5.92 Å². The van der Waals surface area contributed by atoms with Gasteiger partial charge in [0.25, 0.3) is 0 Å². The SMILES string of the molecule is CCCC1(C(C)CO)C=CC=N1. The van der Waals surface area contributed by atoms with E-state index in [-0.39, 0.29) is 18.1 Å². The van der Waals surface area contributed by atoms with Crippen molar-refractivity contribution in [1.82, 2.24) is 0 Å². The summed E-state index contributed by atoms with van der Waals surface area (Å²) in [5.74, 6) is 0.229. The summed E-state index contributed by atoms with van der Waals surface area (Å²) < 4.78 is 0. The van der Waals surface area contributed by atoms with Crippen molar-refractivity contribution in [3.63, 3.8) is 0 Å². The third-order valence-electron chi connectivity index (χ3n) is 2.56. The molecule has 0 aromatic heterocycles. The normalized spacial score (nSPS) is 29.6. The van der Waals surface area contributed by atoms with Gasteiger partial charge in [-0.05, 0) is 12.5 Å². The third kappa shape index (κ3) is 1.58. The highest BCUT2D eigenvalue weighted by atomic mass is 16.3. The largest absolute Gasteiger partial charge is 0.396 e. The molecule has 0 radical (unpaired) electrons. The monoisotopic (exact) mass is 167 g/mol. The van der Waals surface area contributed by atoms with Crippen molar-refractivity contribution in [1.29, 1.82) is 0 Å². The summed E-state index contributed by atoms with van der Waals surface area (Å²) in [6.07, 6.45) is 8.05. The fraction of sp³-hybridized carbons (Fsp3) is 0.700. The van der Waals surface area contributed by atoms with Gasteiger partial charge < -0.3 is 5.11 Å². The van der Waals surface area contributed by atoms with E-state index in [9.17, 15) is 0 Å². The van der Waals surface area contributed by atoms with Gasteiger partial charge in [-0.25, -0.2) is 0 Å². The molecule has 2 nitrogen and oxygen atoms in total. The fourth-order valence-electron chi connectivity index (χ4n) is 1.68. The van der Waals surface area contributed by atoms with E-state index in [0.29, 0.717) is 0 Å². The second kappa shape index (κ2) is 3.85. The van der Waals surface area contributed by atoms with Gasteiger partial charge in [-0.3, -0.25) is 4.99 Å². The molecule has 1 aliphatic heterocycles. The highest BCUT2D eigenvalue weighted by Gasteiger charge is 2.32. The smallest absolute Gasteiger partial charge is 0.0838 e. The lowest BCUT2D eigenvalue weighted by atomic mass is 9.83. The molecule has 2 unspecified atom stereocenters. The van der Waals surface area contributed by atoms with E-state index in [1.807, 2.05) is 19.2 Å². The van der Waals surface area contributed by atoms with Gasteiger partial charge in [-0.1, -0.05) is 26.3 Å². The van der Waals surface area contributed by atoms with E-state index in [0.717, 1.165) is 12.8 Å². The molecule has 0 fully saturated rings. The number of hydrogen-bond donors (Lipinski definition) is 1. The Morgan fingerprint density at radius 2 is 2.33 bits per heavy atom. The zero-order valence-corrected chi connectivity index (χ0v) is 7.83. The number of rotatable bonds is 4. The van der Waals surface area contributed by atoms with E-state index in [1.54, 1.807) is 0 Å². The maximum Gasteiger partial charge on any atom is 0.0838 e. The molecule has 2 heteroatoms. The Labute approximate surface area is 74.0 Å². The molecule has 0 saturated carbocycles. The third-order valence-corrected chi connectivity index (χ3v) is 2.56. The van der Waals surface area contributed by atoms with Gasteiger partial charge >= 0.3 is 0 Å². The zero-order valence-electron chi connectivity index (χ0n) is 7.83. The van der Waals surface area contributed by atoms with Crippen molar-refractivity contribution < 1.29 is 5.11 Å². The van der Waals surface area contributed by atoms with Gasteiger partial charge in [0, 0.05) is 18.7 Å². The summed E-state index contributed by atoms with van der Waals surface area (Å²) in [5.41, 5.74) is -0.108. The Morgan fingerprint density at radius 1 is 1.58 bits per heavy atom. The van der Waals surface area contributed by atoms with Crippen LogP contribution in [0.1, 0.15) is 26.7 Å². The van der Waals surface area contributed by atoms with Gasteiger partial charge in [-0.2, -0.15) is 0 Å². The molecule has 0 aromatic carbocycles. The van der Waals surface area contributed by atoms with Crippen LogP contribution in [0.3, 0.4) is 0 Å². The van der Waals surface area contributed by atoms with Gasteiger partial charge in [0.15, 0.2) is 0 Å². The Hall–Kier alpha value is -0.630. The minimum Gasteiger partial charge on any atom is -0.396 e. The molecular weight excluding hydrogens is 150 g/mol. The highest BCUT2D eigenvalue weighted by molar-refractivity contribution is 5.75. The van der Waals surface area contributed by atoms with Crippen LogP contribution < -0.4 is 0 Å². The van der Waals surface area contributed by atoms with Crippen LogP contribution in [0.4, 0.5) is 0 Å². The lowest BCUT2D eigenvalue weighted by Crippen LogP contribution is -2.33. The summed E-state index contributed by atoms with van der Waals surface area (Å²) in [7, 11) is 0. The first kappa shape index (κ1) is 9.46. The van der Waals surface area contributed by atoms with E-state index in [2.05, 4.69) is 18.0 Å². The maximum absolute atomic E-state index is 9.08. The first-order valence-corrected chi connectivity index (χ1v) is 4.59. The molecule has 68 valence electrons. The molecule has 0 amide bonds. The van der Waals surface area contributed by atoms with Gasteiger partial charge in [-0.15, -0.1) is 0 Å². The molecule has 0 spiro atoms. The Kier molecular flexibility index (Phi) is 3.04. The number of allylic oxidation sites excluding steroid dienone is 1. The Bertz CT molecular complexity index is 184. The molecule has 0 aliphatic carbocycles. The van der Waals surface area contributed by atoms with E-state index >= 15 is 0 Å². The average Bonchev–Trinajstić information content (AvgIpc) is 2.53. The second-order valence-electron chi connectivity index (χ2n) is 3.46. The lowest BCUT2D eigenvalue weighted by Gasteiger charge is -2.29. The topological polar surface area (TPSA) is 32.6 Å². The van der Waals surface area contributed by atoms with Crippen molar-refractivity contribution in [3.8, 4) is 0 Å². The average molecular weight is 167 g/mol. The number of aliphatic hydroxyl groups excluding tert-OH is 1. The van der Waals surface area contributed by atoms with Crippen LogP contribution in [0.25, 0.3) is 0 Å². The molecule has 2 atom stereocenters. The van der Waals surface area contributed by atoms with E-state index in [1.165, 1.54) is 0 Å². The standard InChI is InChI=1S/C10H17NO/c1-3-5-10(9(2)8-12)6-4-7-11-10/h4,6-7,9,12H,3,5,8H2,1-2H3. The van der Waals surface area contributed by atoms with Crippen molar-refractivity contribution >= 4 is 6.21 Å². The fourth-order valence-corrected chi connectivity index (χ4v) is 1.68. The molecule has 1 N–H and O–H groups in total. The molecule has 1 heterocycles. The van der Waals surface area contributed by atoms with Gasteiger partial charge in [0.05, 0.1) is 5.54 Å². The molecule has 1 rings (SSSR count). The predicted molar refractivity (Wildman–Crippen MR) is 51.5 cm³/mol. The molecular formula is C10H17NO. The predicted octanol–water partition coefficient (Wildman–Crippen LogP) is 1.79. The van der Waals surface area contributed by atoms with Gasteiger partial charge in [0.2, 0.25) is 0 Å². The summed E-state index contributed by atoms with van der Waals surface area (Å²) in [5, 5.41) is 9.08. The van der Waals surface area contributed by atoms with E-state index < -0.39 is 0 Å². The second-order valence-corrected chi connectivity index (χ2v) is 3.46. The van der Waals surface area contributed by atoms with Crippen LogP contribution in [-0.4, -0.2) is 23.5 Å². The minimum atomic E-state index is -0.108. The first-order chi connectivity index (χ1) is 5.75. The summed E-state index contributed by atoms with van der Waals surface area (Å²) >= 11 is 0. The van der Waals surface area contributed by atoms with Crippen molar-refractivity contribution in [3.05, 3.63) is 12.2 Å². The lowest BCUT2D eigenvalue weighted by molar-refractivity contribution is 0.185. The van der Waals surface area contributed by atoms with Gasteiger partial charge in [0.1, 0.15) is 0 Å².